The van der Waals surface area contributed by atoms with Gasteiger partial charge in [-0.3, -0.25) is 5.10 Å². The highest BCUT2D eigenvalue weighted by atomic mass is 15.1. The number of anilines is 3. The predicted molar refractivity (Wildman–Crippen MR) is 84.3 cm³/mol. The molecule has 4 N–H and O–H groups in total. The maximum absolute atomic E-state index is 6.12. The van der Waals surface area contributed by atoms with Crippen molar-refractivity contribution < 1.29 is 0 Å². The van der Waals surface area contributed by atoms with Crippen LogP contribution >= 0.6 is 0 Å². The Morgan fingerprint density at radius 1 is 1.15 bits per heavy atom. The van der Waals surface area contributed by atoms with Gasteiger partial charge in [-0.15, -0.1) is 0 Å². The first-order chi connectivity index (χ1) is 9.65. The summed E-state index contributed by atoms with van der Waals surface area (Å²) in [4.78, 5) is 0. The van der Waals surface area contributed by atoms with Crippen molar-refractivity contribution in [1.29, 1.82) is 0 Å². The fraction of sp³-hybridized carbons (Fsp3) is 0.188. The molecule has 0 saturated carbocycles. The minimum atomic E-state index is 0.454. The summed E-state index contributed by atoms with van der Waals surface area (Å²) < 4.78 is 0. The van der Waals surface area contributed by atoms with Crippen LogP contribution in [0.25, 0.3) is 10.9 Å². The van der Waals surface area contributed by atoms with Crippen molar-refractivity contribution in [2.45, 2.75) is 19.8 Å². The first kappa shape index (κ1) is 12.5. The molecule has 102 valence electrons. The van der Waals surface area contributed by atoms with Crippen LogP contribution < -0.4 is 11.1 Å². The molecule has 0 aliphatic heterocycles. The van der Waals surface area contributed by atoms with Gasteiger partial charge in [0.2, 0.25) is 0 Å². The lowest BCUT2D eigenvalue weighted by molar-refractivity contribution is 0.869. The van der Waals surface area contributed by atoms with E-state index >= 15 is 0 Å². The van der Waals surface area contributed by atoms with Crippen molar-refractivity contribution in [3.63, 3.8) is 0 Å². The van der Waals surface area contributed by atoms with E-state index < -0.39 is 0 Å². The second-order valence-electron chi connectivity index (χ2n) is 5.26. The Bertz CT molecular complexity index is 743. The van der Waals surface area contributed by atoms with Crippen LogP contribution in [0.1, 0.15) is 25.3 Å². The van der Waals surface area contributed by atoms with Crippen LogP contribution in [0.2, 0.25) is 0 Å². The molecule has 0 spiro atoms. The molecule has 4 nitrogen and oxygen atoms in total. The monoisotopic (exact) mass is 266 g/mol. The minimum absolute atomic E-state index is 0.454. The lowest BCUT2D eigenvalue weighted by atomic mass is 10.0. The topological polar surface area (TPSA) is 66.7 Å². The third-order valence-corrected chi connectivity index (χ3v) is 3.46. The van der Waals surface area contributed by atoms with E-state index in [0.717, 1.165) is 28.0 Å². The number of aromatic amines is 1. The van der Waals surface area contributed by atoms with Crippen LogP contribution in [-0.4, -0.2) is 10.2 Å². The summed E-state index contributed by atoms with van der Waals surface area (Å²) in [7, 11) is 0. The molecule has 1 heterocycles. The first-order valence-electron chi connectivity index (χ1n) is 6.73. The Morgan fingerprint density at radius 2 is 1.95 bits per heavy atom. The number of nitrogens with one attached hydrogen (secondary N) is 2. The normalized spacial score (nSPS) is 11.2. The lowest BCUT2D eigenvalue weighted by Gasteiger charge is -2.16. The molecule has 2 aromatic carbocycles. The van der Waals surface area contributed by atoms with Crippen molar-refractivity contribution in [3.05, 3.63) is 48.2 Å². The maximum Gasteiger partial charge on any atom is 0.0672 e. The van der Waals surface area contributed by atoms with E-state index in [1.165, 1.54) is 5.56 Å². The van der Waals surface area contributed by atoms with Crippen molar-refractivity contribution in [2.75, 3.05) is 11.1 Å². The highest BCUT2D eigenvalue weighted by molar-refractivity contribution is 5.90. The van der Waals surface area contributed by atoms with E-state index in [1.807, 2.05) is 18.2 Å². The number of hydrogen-bond donors (Lipinski definition) is 3. The Hall–Kier alpha value is -2.49. The zero-order valence-electron chi connectivity index (χ0n) is 11.6. The summed E-state index contributed by atoms with van der Waals surface area (Å²) in [5, 5.41) is 11.4. The van der Waals surface area contributed by atoms with E-state index in [2.05, 4.69) is 47.6 Å². The lowest BCUT2D eigenvalue weighted by Crippen LogP contribution is -2.00. The average Bonchev–Trinajstić information content (AvgIpc) is 2.86. The van der Waals surface area contributed by atoms with Gasteiger partial charge in [-0.2, -0.15) is 5.10 Å². The SMILES string of the molecule is CC(C)c1ccccc1Nc1cc2[nH]ncc2cc1N. The summed E-state index contributed by atoms with van der Waals surface area (Å²) in [6.07, 6.45) is 1.78. The van der Waals surface area contributed by atoms with Gasteiger partial charge in [0.1, 0.15) is 0 Å². The molecule has 0 unspecified atom stereocenters. The van der Waals surface area contributed by atoms with Crippen LogP contribution in [0.4, 0.5) is 17.1 Å². The summed E-state index contributed by atoms with van der Waals surface area (Å²) in [6.45, 7) is 4.36. The van der Waals surface area contributed by atoms with Crippen LogP contribution in [0.3, 0.4) is 0 Å². The molecule has 0 bridgehead atoms. The van der Waals surface area contributed by atoms with Crippen molar-refractivity contribution in [2.24, 2.45) is 0 Å². The van der Waals surface area contributed by atoms with Crippen LogP contribution in [0, 0.1) is 0 Å². The Balaban J connectivity index is 2.02. The number of fused-ring (bicyclic) bond motifs is 1. The molecule has 3 aromatic rings. The quantitative estimate of drug-likeness (QED) is 0.627. The van der Waals surface area contributed by atoms with Crippen molar-refractivity contribution in [1.82, 2.24) is 10.2 Å². The molecule has 0 fully saturated rings. The van der Waals surface area contributed by atoms with Crippen LogP contribution in [0.5, 0.6) is 0 Å². The van der Waals surface area contributed by atoms with E-state index in [4.69, 9.17) is 5.73 Å². The number of nitrogen functional groups attached to an aromatic ring is 1. The van der Waals surface area contributed by atoms with E-state index in [9.17, 15) is 0 Å². The third-order valence-electron chi connectivity index (χ3n) is 3.46. The number of rotatable bonds is 3. The molecule has 4 heteroatoms. The number of benzene rings is 2. The molecule has 0 saturated heterocycles. The second-order valence-corrected chi connectivity index (χ2v) is 5.26. The number of nitrogens with zero attached hydrogens (tertiary/aromatic N) is 1. The smallest absolute Gasteiger partial charge is 0.0672 e. The maximum atomic E-state index is 6.12. The molecule has 0 radical (unpaired) electrons. The summed E-state index contributed by atoms with van der Waals surface area (Å²) in [6, 6.07) is 12.2. The zero-order chi connectivity index (χ0) is 14.1. The Kier molecular flexibility index (Phi) is 3.06. The second kappa shape index (κ2) is 4.89. The van der Waals surface area contributed by atoms with Crippen molar-refractivity contribution >= 4 is 28.0 Å². The van der Waals surface area contributed by atoms with E-state index in [0.29, 0.717) is 5.92 Å². The number of nitrogens with two attached hydrogens (primary N) is 1. The Labute approximate surface area is 118 Å². The van der Waals surface area contributed by atoms with Gasteiger partial charge in [0.15, 0.2) is 0 Å². The van der Waals surface area contributed by atoms with Gasteiger partial charge >= 0.3 is 0 Å². The molecule has 0 aliphatic carbocycles. The molecular formula is C16H18N4. The average molecular weight is 266 g/mol. The van der Waals surface area contributed by atoms with Gasteiger partial charge in [0, 0.05) is 11.1 Å². The molecule has 20 heavy (non-hydrogen) atoms. The fourth-order valence-corrected chi connectivity index (χ4v) is 2.38. The number of para-hydroxylation sites is 1. The Morgan fingerprint density at radius 3 is 2.75 bits per heavy atom. The first-order valence-corrected chi connectivity index (χ1v) is 6.73. The van der Waals surface area contributed by atoms with Gasteiger partial charge < -0.3 is 11.1 Å². The molecule has 3 rings (SSSR count). The largest absolute Gasteiger partial charge is 0.397 e. The summed E-state index contributed by atoms with van der Waals surface area (Å²) in [5.74, 6) is 0.454. The minimum Gasteiger partial charge on any atom is -0.397 e. The van der Waals surface area contributed by atoms with Crippen LogP contribution in [-0.2, 0) is 0 Å². The highest BCUT2D eigenvalue weighted by Crippen LogP contribution is 2.31. The highest BCUT2D eigenvalue weighted by Gasteiger charge is 2.09. The zero-order valence-corrected chi connectivity index (χ0v) is 11.6. The standard InChI is InChI=1S/C16H18N4/c1-10(2)12-5-3-4-6-14(12)19-16-8-15-11(7-13(16)17)9-18-20-15/h3-10,19H,17H2,1-2H3,(H,18,20). The molecule has 0 amide bonds. The predicted octanol–water partition coefficient (Wildman–Crippen LogP) is 4.01. The summed E-state index contributed by atoms with van der Waals surface area (Å²) >= 11 is 0. The fourth-order valence-electron chi connectivity index (χ4n) is 2.38. The van der Waals surface area contributed by atoms with Gasteiger partial charge in [-0.1, -0.05) is 32.0 Å². The number of H-pyrrole nitrogens is 1. The van der Waals surface area contributed by atoms with Gasteiger partial charge in [-0.25, -0.2) is 0 Å². The van der Waals surface area contributed by atoms with Gasteiger partial charge in [0.05, 0.1) is 23.1 Å². The molecule has 0 aliphatic rings. The number of hydrogen-bond acceptors (Lipinski definition) is 3. The van der Waals surface area contributed by atoms with E-state index in [-0.39, 0.29) is 0 Å². The van der Waals surface area contributed by atoms with Crippen molar-refractivity contribution in [3.8, 4) is 0 Å². The summed E-state index contributed by atoms with van der Waals surface area (Å²) in [5.41, 5.74) is 11.1. The molecule has 1 aromatic heterocycles. The third kappa shape index (κ3) is 2.20. The van der Waals surface area contributed by atoms with E-state index in [1.54, 1.807) is 6.20 Å². The number of aromatic nitrogens is 2. The van der Waals surface area contributed by atoms with Gasteiger partial charge in [-0.05, 0) is 29.7 Å². The molecule has 0 atom stereocenters. The van der Waals surface area contributed by atoms with Crippen LogP contribution in [0.15, 0.2) is 42.6 Å². The molecular weight excluding hydrogens is 248 g/mol. The van der Waals surface area contributed by atoms with Gasteiger partial charge in [0.25, 0.3) is 0 Å².